The zero-order valence-corrected chi connectivity index (χ0v) is 11.7. The van der Waals surface area contributed by atoms with Gasteiger partial charge in [-0.3, -0.25) is 4.79 Å². The highest BCUT2D eigenvalue weighted by Crippen LogP contribution is 2.33. The molecule has 0 unspecified atom stereocenters. The molecule has 0 aliphatic carbocycles. The van der Waals surface area contributed by atoms with E-state index in [4.69, 9.17) is 14.2 Å². The number of benzene rings is 1. The number of carbonyl (C=O) groups excluding carboxylic acids is 1. The van der Waals surface area contributed by atoms with E-state index in [1.54, 1.807) is 36.8 Å². The average molecular weight is 278 g/mol. The summed E-state index contributed by atoms with van der Waals surface area (Å²) < 4.78 is 15.6. The van der Waals surface area contributed by atoms with Crippen molar-refractivity contribution in [2.75, 3.05) is 21.3 Å². The fourth-order valence-corrected chi connectivity index (χ4v) is 2.54. The fourth-order valence-electron chi connectivity index (χ4n) is 1.74. The lowest BCUT2D eigenvalue weighted by molar-refractivity contribution is 0.103. The molecular formula is C14H14O4S. The van der Waals surface area contributed by atoms with Crippen molar-refractivity contribution < 1.29 is 19.0 Å². The molecule has 1 aromatic heterocycles. The van der Waals surface area contributed by atoms with E-state index in [9.17, 15) is 4.79 Å². The third-order valence-electron chi connectivity index (χ3n) is 2.69. The molecule has 0 atom stereocenters. The molecule has 4 nitrogen and oxygen atoms in total. The number of thiophene rings is 1. The van der Waals surface area contributed by atoms with Crippen LogP contribution in [0.15, 0.2) is 29.6 Å². The maximum atomic E-state index is 12.5. The Bertz CT molecular complexity index is 567. The Hall–Kier alpha value is -2.01. The van der Waals surface area contributed by atoms with Crippen LogP contribution in [0.2, 0.25) is 0 Å². The van der Waals surface area contributed by atoms with Crippen molar-refractivity contribution in [3.8, 4) is 17.2 Å². The lowest BCUT2D eigenvalue weighted by Crippen LogP contribution is -2.05. The van der Waals surface area contributed by atoms with Crippen molar-refractivity contribution in [1.82, 2.24) is 0 Å². The summed E-state index contributed by atoms with van der Waals surface area (Å²) in [6, 6.07) is 6.96. The zero-order valence-electron chi connectivity index (χ0n) is 10.9. The van der Waals surface area contributed by atoms with Gasteiger partial charge in [0, 0.05) is 11.4 Å². The van der Waals surface area contributed by atoms with E-state index in [2.05, 4.69) is 0 Å². The molecule has 0 spiro atoms. The molecule has 0 radical (unpaired) electrons. The van der Waals surface area contributed by atoms with Crippen LogP contribution in [0.5, 0.6) is 17.2 Å². The van der Waals surface area contributed by atoms with Gasteiger partial charge in [-0.25, -0.2) is 0 Å². The summed E-state index contributed by atoms with van der Waals surface area (Å²) in [5, 5.41) is 1.79. The molecule has 0 aliphatic rings. The Morgan fingerprint density at radius 3 is 2.16 bits per heavy atom. The predicted octanol–water partition coefficient (Wildman–Crippen LogP) is 3.00. The van der Waals surface area contributed by atoms with Gasteiger partial charge in [0.15, 0.2) is 0 Å². The summed E-state index contributed by atoms with van der Waals surface area (Å²) in [7, 11) is 4.63. The first-order valence-corrected chi connectivity index (χ1v) is 6.47. The normalized spacial score (nSPS) is 10.1. The molecule has 1 heterocycles. The molecule has 19 heavy (non-hydrogen) atoms. The van der Waals surface area contributed by atoms with Crippen LogP contribution in [0, 0.1) is 0 Å². The Kier molecular flexibility index (Phi) is 4.06. The van der Waals surface area contributed by atoms with Crippen LogP contribution in [-0.2, 0) is 0 Å². The minimum atomic E-state index is -0.136. The Morgan fingerprint density at radius 2 is 1.68 bits per heavy atom. The Labute approximate surface area is 115 Å². The molecule has 2 aromatic rings. The number of hydrogen-bond acceptors (Lipinski definition) is 5. The number of ketones is 1. The van der Waals surface area contributed by atoms with Gasteiger partial charge in [-0.15, -0.1) is 11.3 Å². The van der Waals surface area contributed by atoms with Crippen LogP contribution in [0.1, 0.15) is 15.2 Å². The number of ether oxygens (including phenoxy) is 3. The smallest absolute Gasteiger partial charge is 0.210 e. The van der Waals surface area contributed by atoms with Gasteiger partial charge in [0.2, 0.25) is 5.78 Å². The van der Waals surface area contributed by atoms with Gasteiger partial charge in [0.1, 0.15) is 22.8 Å². The molecule has 0 aliphatic heterocycles. The minimum absolute atomic E-state index is 0.136. The van der Waals surface area contributed by atoms with Crippen LogP contribution in [0.3, 0.4) is 0 Å². The summed E-state index contributed by atoms with van der Waals surface area (Å²) in [6.45, 7) is 0. The van der Waals surface area contributed by atoms with E-state index in [0.717, 1.165) is 0 Å². The Balaban J connectivity index is 2.48. The number of carbonyl (C=O) groups is 1. The molecule has 2 rings (SSSR count). The first-order chi connectivity index (χ1) is 9.21. The number of hydrogen-bond donors (Lipinski definition) is 0. The van der Waals surface area contributed by atoms with Crippen LogP contribution < -0.4 is 14.2 Å². The molecular weight excluding hydrogens is 264 g/mol. The van der Waals surface area contributed by atoms with Crippen molar-refractivity contribution in [2.24, 2.45) is 0 Å². The van der Waals surface area contributed by atoms with E-state index >= 15 is 0 Å². The highest BCUT2D eigenvalue weighted by Gasteiger charge is 2.21. The van der Waals surface area contributed by atoms with E-state index in [1.165, 1.54) is 25.6 Å². The highest BCUT2D eigenvalue weighted by atomic mass is 32.1. The molecule has 100 valence electrons. The fraction of sp³-hybridized carbons (Fsp3) is 0.214. The second-order valence-corrected chi connectivity index (χ2v) is 4.63. The van der Waals surface area contributed by atoms with Gasteiger partial charge in [0.05, 0.1) is 26.2 Å². The van der Waals surface area contributed by atoms with Gasteiger partial charge in [-0.1, -0.05) is 6.07 Å². The zero-order chi connectivity index (χ0) is 13.8. The van der Waals surface area contributed by atoms with Crippen LogP contribution in [-0.4, -0.2) is 27.1 Å². The van der Waals surface area contributed by atoms with Gasteiger partial charge < -0.3 is 14.2 Å². The number of methoxy groups -OCH3 is 3. The van der Waals surface area contributed by atoms with Crippen LogP contribution in [0.4, 0.5) is 0 Å². The average Bonchev–Trinajstić information content (AvgIpc) is 2.94. The predicted molar refractivity (Wildman–Crippen MR) is 73.8 cm³/mol. The lowest BCUT2D eigenvalue weighted by Gasteiger charge is -2.10. The van der Waals surface area contributed by atoms with E-state index in [0.29, 0.717) is 27.7 Å². The second kappa shape index (κ2) is 5.75. The van der Waals surface area contributed by atoms with E-state index < -0.39 is 0 Å². The monoisotopic (exact) mass is 278 g/mol. The summed E-state index contributed by atoms with van der Waals surface area (Å²) in [4.78, 5) is 13.1. The molecule has 5 heteroatoms. The van der Waals surface area contributed by atoms with Crippen molar-refractivity contribution >= 4 is 17.1 Å². The van der Waals surface area contributed by atoms with Crippen LogP contribution >= 0.6 is 11.3 Å². The van der Waals surface area contributed by atoms with Crippen molar-refractivity contribution in [3.05, 3.63) is 40.1 Å². The third-order valence-corrected chi connectivity index (χ3v) is 3.60. The Morgan fingerprint density at radius 1 is 1.05 bits per heavy atom. The first kappa shape index (κ1) is 13.4. The molecule has 0 saturated carbocycles. The van der Waals surface area contributed by atoms with Crippen molar-refractivity contribution in [3.63, 3.8) is 0 Å². The molecule has 0 N–H and O–H groups in total. The van der Waals surface area contributed by atoms with Gasteiger partial charge in [0.25, 0.3) is 0 Å². The largest absolute Gasteiger partial charge is 0.496 e. The van der Waals surface area contributed by atoms with Crippen molar-refractivity contribution in [1.29, 1.82) is 0 Å². The summed E-state index contributed by atoms with van der Waals surface area (Å²) >= 11 is 1.33. The first-order valence-electron chi connectivity index (χ1n) is 5.59. The standard InChI is InChI=1S/C14H14O4S/c1-16-9-7-12(19-8-9)14(15)13-10(17-2)5-4-6-11(13)18-3/h4-8H,1-3H3. The molecule has 0 bridgehead atoms. The molecule has 0 saturated heterocycles. The molecule has 0 fully saturated rings. The summed E-state index contributed by atoms with van der Waals surface area (Å²) in [5.74, 6) is 1.53. The minimum Gasteiger partial charge on any atom is -0.496 e. The maximum absolute atomic E-state index is 12.5. The van der Waals surface area contributed by atoms with Crippen molar-refractivity contribution in [2.45, 2.75) is 0 Å². The third kappa shape index (κ3) is 2.56. The van der Waals surface area contributed by atoms with Gasteiger partial charge in [-0.05, 0) is 12.1 Å². The highest BCUT2D eigenvalue weighted by molar-refractivity contribution is 7.12. The summed E-state index contributed by atoms with van der Waals surface area (Å²) in [5.41, 5.74) is 0.428. The molecule has 0 amide bonds. The number of rotatable bonds is 5. The van der Waals surface area contributed by atoms with Gasteiger partial charge >= 0.3 is 0 Å². The topological polar surface area (TPSA) is 44.8 Å². The van der Waals surface area contributed by atoms with E-state index in [1.807, 2.05) is 0 Å². The van der Waals surface area contributed by atoms with Crippen LogP contribution in [0.25, 0.3) is 0 Å². The molecule has 1 aromatic carbocycles. The SMILES string of the molecule is COc1csc(C(=O)c2c(OC)cccc2OC)c1. The second-order valence-electron chi connectivity index (χ2n) is 3.72. The summed E-state index contributed by atoms with van der Waals surface area (Å²) in [6.07, 6.45) is 0. The van der Waals surface area contributed by atoms with Gasteiger partial charge in [-0.2, -0.15) is 0 Å². The van der Waals surface area contributed by atoms with E-state index in [-0.39, 0.29) is 5.78 Å². The lowest BCUT2D eigenvalue weighted by atomic mass is 10.1. The maximum Gasteiger partial charge on any atom is 0.210 e. The quantitative estimate of drug-likeness (QED) is 0.789.